The van der Waals surface area contributed by atoms with Gasteiger partial charge >= 0.3 is 0 Å². The van der Waals surface area contributed by atoms with Crippen LogP contribution in [0.1, 0.15) is 31.2 Å². The Labute approximate surface area is 113 Å². The van der Waals surface area contributed by atoms with E-state index in [1.807, 2.05) is 6.07 Å². The molecular weight excluding hydrogens is 248 g/mol. The Balaban J connectivity index is 2.21. The highest BCUT2D eigenvalue weighted by Gasteiger charge is 2.26. The largest absolute Gasteiger partial charge is 0.396 e. The first kappa shape index (κ1) is 13.2. The van der Waals surface area contributed by atoms with Gasteiger partial charge in [-0.1, -0.05) is 11.6 Å². The van der Waals surface area contributed by atoms with Crippen LogP contribution < -0.4 is 4.90 Å². The molecule has 3 nitrogen and oxygen atoms in total. The van der Waals surface area contributed by atoms with Crippen LogP contribution in [0.2, 0.25) is 5.02 Å². The van der Waals surface area contributed by atoms with Crippen LogP contribution in [0.15, 0.2) is 18.2 Å². The summed E-state index contributed by atoms with van der Waals surface area (Å²) >= 11 is 6.25. The van der Waals surface area contributed by atoms with Crippen molar-refractivity contribution in [3.63, 3.8) is 0 Å². The lowest BCUT2D eigenvalue weighted by Gasteiger charge is -2.39. The third kappa shape index (κ3) is 2.77. The normalized spacial score (nSPS) is 14.9. The fraction of sp³-hybridized carbons (Fsp3) is 0.500. The van der Waals surface area contributed by atoms with Crippen LogP contribution in [0.4, 0.5) is 5.69 Å². The molecule has 96 valence electrons. The minimum atomic E-state index is 0.192. The maximum absolute atomic E-state index is 8.98. The van der Waals surface area contributed by atoms with Crippen molar-refractivity contribution in [2.24, 2.45) is 0 Å². The van der Waals surface area contributed by atoms with Gasteiger partial charge in [-0.3, -0.25) is 0 Å². The second-order valence-electron chi connectivity index (χ2n) is 4.63. The number of benzene rings is 1. The van der Waals surface area contributed by atoms with E-state index in [4.69, 9.17) is 22.0 Å². The van der Waals surface area contributed by atoms with Crippen molar-refractivity contribution in [2.45, 2.75) is 31.7 Å². The van der Waals surface area contributed by atoms with E-state index in [-0.39, 0.29) is 6.61 Å². The molecule has 0 radical (unpaired) electrons. The summed E-state index contributed by atoms with van der Waals surface area (Å²) in [5.41, 5.74) is 1.56. The molecule has 1 aliphatic carbocycles. The number of hydrogen-bond donors (Lipinski definition) is 1. The molecule has 0 saturated heterocycles. The Bertz CT molecular complexity index is 452. The number of halogens is 1. The van der Waals surface area contributed by atoms with E-state index in [9.17, 15) is 0 Å². The Morgan fingerprint density at radius 1 is 1.44 bits per heavy atom. The van der Waals surface area contributed by atoms with Crippen LogP contribution in [0.3, 0.4) is 0 Å². The van der Waals surface area contributed by atoms with E-state index < -0.39 is 0 Å². The van der Waals surface area contributed by atoms with Gasteiger partial charge in [0.15, 0.2) is 0 Å². The lowest BCUT2D eigenvalue weighted by Crippen LogP contribution is -2.41. The van der Waals surface area contributed by atoms with Crippen LogP contribution in [-0.2, 0) is 0 Å². The maximum Gasteiger partial charge on any atom is 0.0992 e. The van der Waals surface area contributed by atoms with Crippen molar-refractivity contribution in [2.75, 3.05) is 18.1 Å². The average Bonchev–Trinajstić information content (AvgIpc) is 2.32. The highest BCUT2D eigenvalue weighted by molar-refractivity contribution is 6.33. The van der Waals surface area contributed by atoms with E-state index in [1.165, 1.54) is 19.3 Å². The predicted octanol–water partition coefficient (Wildman–Crippen LogP) is 2.95. The molecule has 0 aromatic heterocycles. The number of anilines is 1. The Morgan fingerprint density at radius 2 is 2.22 bits per heavy atom. The molecule has 0 aliphatic heterocycles. The molecule has 0 amide bonds. The minimum Gasteiger partial charge on any atom is -0.396 e. The third-order valence-electron chi connectivity index (χ3n) is 3.46. The van der Waals surface area contributed by atoms with Gasteiger partial charge in [0.05, 0.1) is 22.3 Å². The van der Waals surface area contributed by atoms with Crippen molar-refractivity contribution in [3.8, 4) is 6.07 Å². The zero-order valence-electron chi connectivity index (χ0n) is 10.3. The minimum absolute atomic E-state index is 0.192. The summed E-state index contributed by atoms with van der Waals surface area (Å²) < 4.78 is 0. The summed E-state index contributed by atoms with van der Waals surface area (Å²) in [6.45, 7) is 1.00. The Morgan fingerprint density at radius 3 is 2.72 bits per heavy atom. The number of aliphatic hydroxyl groups excluding tert-OH is 1. The summed E-state index contributed by atoms with van der Waals surface area (Å²) in [5.74, 6) is 0. The average molecular weight is 265 g/mol. The molecule has 0 spiro atoms. The van der Waals surface area contributed by atoms with Crippen LogP contribution in [-0.4, -0.2) is 24.3 Å². The SMILES string of the molecule is N#Cc1ccc(N(CCCO)C2CCC2)c(Cl)c1. The topological polar surface area (TPSA) is 47.3 Å². The van der Waals surface area contributed by atoms with E-state index >= 15 is 0 Å². The van der Waals surface area contributed by atoms with Gasteiger partial charge in [-0.15, -0.1) is 0 Å². The molecule has 1 aromatic carbocycles. The van der Waals surface area contributed by atoms with Crippen LogP contribution in [0.25, 0.3) is 0 Å². The van der Waals surface area contributed by atoms with Gasteiger partial charge in [-0.05, 0) is 43.9 Å². The first-order valence-electron chi connectivity index (χ1n) is 6.33. The number of nitrogens with zero attached hydrogens (tertiary/aromatic N) is 2. The standard InChI is InChI=1S/C14H17ClN2O/c15-13-9-11(10-16)5-6-14(13)17(7-2-8-18)12-3-1-4-12/h5-6,9,12,18H,1-4,7-8H2. The van der Waals surface area contributed by atoms with E-state index in [0.717, 1.165) is 18.7 Å². The summed E-state index contributed by atoms with van der Waals surface area (Å²) in [5, 5.41) is 18.5. The molecule has 1 saturated carbocycles. The van der Waals surface area contributed by atoms with Gasteiger partial charge in [0.2, 0.25) is 0 Å². The molecule has 4 heteroatoms. The number of aliphatic hydroxyl groups is 1. The van der Waals surface area contributed by atoms with Crippen LogP contribution in [0, 0.1) is 11.3 Å². The van der Waals surface area contributed by atoms with E-state index in [1.54, 1.807) is 12.1 Å². The predicted molar refractivity (Wildman–Crippen MR) is 72.9 cm³/mol. The molecular formula is C14H17ClN2O. The zero-order valence-corrected chi connectivity index (χ0v) is 11.0. The number of hydrogen-bond acceptors (Lipinski definition) is 3. The molecule has 2 rings (SSSR count). The number of nitriles is 1. The van der Waals surface area contributed by atoms with Crippen molar-refractivity contribution in [3.05, 3.63) is 28.8 Å². The summed E-state index contributed by atoms with van der Waals surface area (Å²) in [6, 6.07) is 8.04. The molecule has 18 heavy (non-hydrogen) atoms. The van der Waals surface area contributed by atoms with E-state index in [0.29, 0.717) is 16.6 Å². The highest BCUT2D eigenvalue weighted by Crippen LogP contribution is 2.34. The van der Waals surface area contributed by atoms with E-state index in [2.05, 4.69) is 11.0 Å². The van der Waals surface area contributed by atoms with Crippen molar-refractivity contribution in [1.82, 2.24) is 0 Å². The quantitative estimate of drug-likeness (QED) is 0.889. The first-order valence-corrected chi connectivity index (χ1v) is 6.71. The lowest BCUT2D eigenvalue weighted by atomic mass is 9.91. The maximum atomic E-state index is 8.98. The molecule has 0 heterocycles. The molecule has 1 N–H and O–H groups in total. The van der Waals surface area contributed by atoms with Crippen molar-refractivity contribution >= 4 is 17.3 Å². The zero-order chi connectivity index (χ0) is 13.0. The molecule has 0 bridgehead atoms. The fourth-order valence-corrected chi connectivity index (χ4v) is 2.54. The van der Waals surface area contributed by atoms with Gasteiger partial charge < -0.3 is 10.0 Å². The van der Waals surface area contributed by atoms with Gasteiger partial charge in [-0.25, -0.2) is 0 Å². The lowest BCUT2D eigenvalue weighted by molar-refractivity contribution is 0.283. The molecule has 1 aliphatic rings. The van der Waals surface area contributed by atoms with Gasteiger partial charge in [0.25, 0.3) is 0 Å². The fourth-order valence-electron chi connectivity index (χ4n) is 2.25. The Kier molecular flexibility index (Phi) is 4.46. The first-order chi connectivity index (χ1) is 8.76. The van der Waals surface area contributed by atoms with Crippen molar-refractivity contribution < 1.29 is 5.11 Å². The summed E-state index contributed by atoms with van der Waals surface area (Å²) in [7, 11) is 0. The van der Waals surface area contributed by atoms with Gasteiger partial charge in [0.1, 0.15) is 0 Å². The van der Waals surface area contributed by atoms with Gasteiger partial charge in [-0.2, -0.15) is 5.26 Å². The van der Waals surface area contributed by atoms with Crippen LogP contribution >= 0.6 is 11.6 Å². The molecule has 0 atom stereocenters. The van der Waals surface area contributed by atoms with Crippen molar-refractivity contribution in [1.29, 1.82) is 5.26 Å². The second-order valence-corrected chi connectivity index (χ2v) is 5.04. The number of rotatable bonds is 5. The second kappa shape index (κ2) is 6.08. The van der Waals surface area contributed by atoms with Crippen LogP contribution in [0.5, 0.6) is 0 Å². The summed E-state index contributed by atoms with van der Waals surface area (Å²) in [6.07, 6.45) is 4.37. The van der Waals surface area contributed by atoms with Gasteiger partial charge in [0, 0.05) is 19.2 Å². The summed E-state index contributed by atoms with van der Waals surface area (Å²) in [4.78, 5) is 2.27. The monoisotopic (exact) mass is 264 g/mol. The molecule has 1 aromatic rings. The third-order valence-corrected chi connectivity index (χ3v) is 3.76. The molecule has 1 fully saturated rings. The highest BCUT2D eigenvalue weighted by atomic mass is 35.5. The Hall–Kier alpha value is -1.24. The molecule has 0 unspecified atom stereocenters. The smallest absolute Gasteiger partial charge is 0.0992 e.